The van der Waals surface area contributed by atoms with E-state index in [4.69, 9.17) is 9.15 Å². The summed E-state index contributed by atoms with van der Waals surface area (Å²) in [6, 6.07) is 24.9. The van der Waals surface area contributed by atoms with Crippen LogP contribution < -0.4 is 14.5 Å². The van der Waals surface area contributed by atoms with Crippen molar-refractivity contribution in [2.75, 3.05) is 30.0 Å². The summed E-state index contributed by atoms with van der Waals surface area (Å²) in [7, 11) is 1.59. The van der Waals surface area contributed by atoms with Crippen molar-refractivity contribution >= 4 is 51.8 Å². The van der Waals surface area contributed by atoms with Gasteiger partial charge in [0.05, 0.1) is 18.4 Å². The van der Waals surface area contributed by atoms with Crippen molar-refractivity contribution in [1.82, 2.24) is 20.2 Å². The predicted octanol–water partition coefficient (Wildman–Crippen LogP) is 10.0. The maximum Gasteiger partial charge on any atom is 0.341 e. The molecule has 3 N–H and O–H groups in total. The number of nitrogens with zero attached hydrogens (tertiary/aromatic N) is 9. The number of aromatic amines is 1. The van der Waals surface area contributed by atoms with Crippen LogP contribution in [0.2, 0.25) is 0 Å². The van der Waals surface area contributed by atoms with Crippen molar-refractivity contribution < 1.29 is 40.9 Å². The molecule has 0 saturated carbocycles. The summed E-state index contributed by atoms with van der Waals surface area (Å²) in [6.45, 7) is 13.9. The van der Waals surface area contributed by atoms with E-state index >= 15 is 0 Å². The molecule has 55 heavy (non-hydrogen) atoms. The van der Waals surface area contributed by atoms with E-state index in [0.717, 1.165) is 35.6 Å². The minimum atomic E-state index is -1.05. The number of hydrogen-bond donors (Lipinski definition) is 3. The number of aromatic hydroxyl groups is 1. The van der Waals surface area contributed by atoms with E-state index in [1.54, 1.807) is 31.4 Å². The molecule has 289 valence electrons. The van der Waals surface area contributed by atoms with Crippen molar-refractivity contribution in [3.63, 3.8) is 0 Å². The van der Waals surface area contributed by atoms with Gasteiger partial charge >= 0.3 is 12.0 Å². The number of nitrogens with one attached hydrogen (secondary N) is 1. The molecule has 16 heteroatoms. The summed E-state index contributed by atoms with van der Waals surface area (Å²) in [5.41, 5.74) is 5.71. The topological polar surface area (TPSA) is 190 Å². The van der Waals surface area contributed by atoms with Gasteiger partial charge < -0.3 is 29.2 Å². The zero-order chi connectivity index (χ0) is 38.8. The number of anilines is 2. The first-order chi connectivity index (χ1) is 26.0. The molecular weight excluding hydrogens is 747 g/mol. The molecule has 0 amide bonds. The number of phenolic OH excluding ortho intramolecular Hbond substituents is 1. The van der Waals surface area contributed by atoms with Gasteiger partial charge in [0.2, 0.25) is 0 Å². The van der Waals surface area contributed by atoms with Gasteiger partial charge in [-0.15, -0.1) is 15.3 Å². The molecule has 6 aromatic rings. The third kappa shape index (κ3) is 10.3. The zero-order valence-electron chi connectivity index (χ0n) is 31.6. The van der Waals surface area contributed by atoms with Crippen LogP contribution in [-0.4, -0.2) is 68.6 Å². The molecule has 0 saturated heterocycles. The van der Waals surface area contributed by atoms with E-state index in [2.05, 4.69) is 78.1 Å². The number of ether oxygens (including phenoxy) is 1. The standard InChI is InChI=1S/C24H24N4O3.C15H20N6O2.Co/c1-4-28(5-2)20-15-21(29)19(14-23(20)30-3)26-27-24-25-18-12-11-17(13-22(18)31-24)16-9-7-6-8-10-16;1-9(2)21(10(3)4)11-5-6-13(12(7-11)14(22)23)18-20-15-16-8-17-19-15;/h6-15,29H,4-5H2,1-3H3;5-10H,1-4H3,(H,22,23)(H,16,17,19);. The molecule has 0 unspecified atom stereocenters. The number of carboxylic acids is 1. The molecule has 0 aliphatic rings. The minimum absolute atomic E-state index is 0. The van der Waals surface area contributed by atoms with Gasteiger partial charge in [-0.05, 0) is 83.0 Å². The molecule has 0 bridgehead atoms. The second-order valence-electron chi connectivity index (χ2n) is 12.5. The second-order valence-corrected chi connectivity index (χ2v) is 12.5. The van der Waals surface area contributed by atoms with E-state index in [1.165, 1.54) is 6.33 Å². The number of rotatable bonds is 13. The first-order valence-electron chi connectivity index (χ1n) is 17.5. The molecule has 6 rings (SSSR count). The van der Waals surface area contributed by atoms with E-state index in [9.17, 15) is 15.0 Å². The number of carbonyl (C=O) groups is 1. The molecule has 2 aromatic heterocycles. The van der Waals surface area contributed by atoms with Crippen LogP contribution in [0.5, 0.6) is 11.5 Å². The largest absolute Gasteiger partial charge is 0.506 e. The Morgan fingerprint density at radius 2 is 1.58 bits per heavy atom. The first kappa shape index (κ1) is 41.6. The maximum atomic E-state index is 11.5. The summed E-state index contributed by atoms with van der Waals surface area (Å²) in [4.78, 5) is 23.9. The van der Waals surface area contributed by atoms with Crippen LogP contribution in [0.1, 0.15) is 51.9 Å². The van der Waals surface area contributed by atoms with Gasteiger partial charge in [-0.3, -0.25) is 0 Å². The number of oxazole rings is 1. The predicted molar refractivity (Wildman–Crippen MR) is 209 cm³/mol. The van der Waals surface area contributed by atoms with Crippen molar-refractivity contribution in [3.8, 4) is 22.6 Å². The Morgan fingerprint density at radius 1 is 0.873 bits per heavy atom. The fraction of sp³-hybridized carbons (Fsp3) is 0.282. The van der Waals surface area contributed by atoms with E-state index in [0.29, 0.717) is 16.8 Å². The summed E-state index contributed by atoms with van der Waals surface area (Å²) < 4.78 is 11.2. The van der Waals surface area contributed by atoms with Crippen LogP contribution in [0, 0.1) is 0 Å². The fourth-order valence-corrected chi connectivity index (χ4v) is 5.95. The van der Waals surface area contributed by atoms with Crippen LogP contribution in [0.4, 0.5) is 34.7 Å². The van der Waals surface area contributed by atoms with Gasteiger partial charge in [-0.2, -0.15) is 15.1 Å². The van der Waals surface area contributed by atoms with Gasteiger partial charge in [0.1, 0.15) is 34.7 Å². The first-order valence-corrected chi connectivity index (χ1v) is 17.5. The number of phenols is 1. The molecule has 2 heterocycles. The average molecular weight is 792 g/mol. The number of hydrogen-bond acceptors (Lipinski definition) is 13. The van der Waals surface area contributed by atoms with Crippen LogP contribution in [0.15, 0.2) is 110 Å². The summed E-state index contributed by atoms with van der Waals surface area (Å²) in [5.74, 6) is -0.211. The van der Waals surface area contributed by atoms with Gasteiger partial charge in [-0.1, -0.05) is 41.5 Å². The van der Waals surface area contributed by atoms with Crippen molar-refractivity contribution in [2.45, 2.75) is 53.6 Å². The Labute approximate surface area is 329 Å². The third-order valence-electron chi connectivity index (χ3n) is 8.38. The Bertz CT molecular complexity index is 2210. The van der Waals surface area contributed by atoms with Crippen molar-refractivity contribution in [1.29, 1.82) is 0 Å². The Morgan fingerprint density at radius 3 is 2.20 bits per heavy atom. The van der Waals surface area contributed by atoms with Gasteiger partial charge in [-0.25, -0.2) is 9.89 Å². The Kier molecular flexibility index (Phi) is 14.6. The summed E-state index contributed by atoms with van der Waals surface area (Å²) in [6.07, 6.45) is 1.30. The van der Waals surface area contributed by atoms with Crippen LogP contribution in [0.25, 0.3) is 22.2 Å². The number of aromatic carboxylic acids is 1. The molecule has 0 spiro atoms. The normalized spacial score (nSPS) is 11.2. The van der Waals surface area contributed by atoms with Crippen LogP contribution >= 0.6 is 0 Å². The van der Waals surface area contributed by atoms with Crippen LogP contribution in [0.3, 0.4) is 0 Å². The monoisotopic (exact) mass is 791 g/mol. The molecule has 0 atom stereocenters. The summed E-state index contributed by atoms with van der Waals surface area (Å²) in [5, 5.41) is 42.1. The molecule has 0 aliphatic carbocycles. The summed E-state index contributed by atoms with van der Waals surface area (Å²) >= 11 is 0. The molecule has 4 aromatic carbocycles. The maximum absolute atomic E-state index is 11.5. The number of methoxy groups -OCH3 is 1. The smallest absolute Gasteiger partial charge is 0.341 e. The number of azo groups is 2. The molecule has 0 aliphatic heterocycles. The van der Waals surface area contributed by atoms with Crippen molar-refractivity contribution in [2.24, 2.45) is 20.5 Å². The van der Waals surface area contributed by atoms with Gasteiger partial charge in [0.25, 0.3) is 5.95 Å². The zero-order valence-corrected chi connectivity index (χ0v) is 32.7. The Hall–Kier alpha value is -6.13. The number of carboxylic acid groups (broad SMARTS) is 1. The SMILES string of the molecule is CC(C)N(c1ccc(N=Nc2ncn[nH]2)c(C(=O)O)c1)C(C)C.CCN(CC)c1cc(O)c(N=Nc2nc3ccc(-c4ccccc4)cc3o2)cc1OC.[Co]. The quantitative estimate of drug-likeness (QED) is 0.0949. The number of benzene rings is 4. The molecule has 0 fully saturated rings. The van der Waals surface area contributed by atoms with E-state index in [1.807, 2.05) is 68.4 Å². The third-order valence-corrected chi connectivity index (χ3v) is 8.38. The minimum Gasteiger partial charge on any atom is -0.506 e. The van der Waals surface area contributed by atoms with Gasteiger partial charge in [0.15, 0.2) is 5.58 Å². The number of fused-ring (bicyclic) bond motifs is 1. The second kappa shape index (κ2) is 19.3. The molecular formula is C39H44CoN10O5. The number of aromatic nitrogens is 4. The van der Waals surface area contributed by atoms with Gasteiger partial charge in [0, 0.05) is 59.8 Å². The van der Waals surface area contributed by atoms with E-state index in [-0.39, 0.29) is 63.5 Å². The van der Waals surface area contributed by atoms with E-state index < -0.39 is 5.97 Å². The molecule has 1 radical (unpaired) electrons. The average Bonchev–Trinajstić information content (AvgIpc) is 3.84. The molecule has 15 nitrogen and oxygen atoms in total. The Balaban J connectivity index is 0.000000251. The van der Waals surface area contributed by atoms with Crippen LogP contribution in [-0.2, 0) is 16.8 Å². The number of H-pyrrole nitrogens is 1. The fourth-order valence-electron chi connectivity index (χ4n) is 5.95. The van der Waals surface area contributed by atoms with Crippen molar-refractivity contribution in [3.05, 3.63) is 90.8 Å².